The van der Waals surface area contributed by atoms with Crippen LogP contribution in [-0.4, -0.2) is 16.5 Å². The number of hydrogen-bond donors (Lipinski definition) is 1. The minimum Gasteiger partial charge on any atom is -0.330 e. The summed E-state index contributed by atoms with van der Waals surface area (Å²) in [6.07, 6.45) is 3.69. The Kier molecular flexibility index (Phi) is 3.86. The first kappa shape index (κ1) is 12.2. The first-order valence-electron chi connectivity index (χ1n) is 5.48. The maximum absolute atomic E-state index is 5.59. The third-order valence-electron chi connectivity index (χ3n) is 2.62. The van der Waals surface area contributed by atoms with E-state index in [0.29, 0.717) is 6.54 Å². The normalized spacial score (nSPS) is 12.4. The lowest BCUT2D eigenvalue weighted by molar-refractivity contribution is 0.712. The standard InChI is InChI=1S/C13H14BrN3/c1-9(6-15)13-16-7-11(8-17-13)10-3-2-4-12(14)5-10/h2-5,7-9H,6,15H2,1H3. The molecule has 3 nitrogen and oxygen atoms in total. The van der Waals surface area contributed by atoms with Crippen LogP contribution in [0.4, 0.5) is 0 Å². The second kappa shape index (κ2) is 5.38. The van der Waals surface area contributed by atoms with Crippen LogP contribution in [0.1, 0.15) is 18.7 Å². The molecule has 0 aliphatic rings. The molecule has 2 rings (SSSR count). The lowest BCUT2D eigenvalue weighted by Crippen LogP contribution is -2.11. The molecule has 0 fully saturated rings. The van der Waals surface area contributed by atoms with Gasteiger partial charge in [-0.25, -0.2) is 9.97 Å². The van der Waals surface area contributed by atoms with Crippen LogP contribution in [-0.2, 0) is 0 Å². The summed E-state index contributed by atoms with van der Waals surface area (Å²) in [4.78, 5) is 8.70. The average molecular weight is 292 g/mol. The van der Waals surface area contributed by atoms with Crippen LogP contribution < -0.4 is 5.73 Å². The van der Waals surface area contributed by atoms with Gasteiger partial charge < -0.3 is 5.73 Å². The number of nitrogens with zero attached hydrogens (tertiary/aromatic N) is 2. The van der Waals surface area contributed by atoms with Crippen molar-refractivity contribution in [2.45, 2.75) is 12.8 Å². The lowest BCUT2D eigenvalue weighted by atomic mass is 10.1. The molecule has 4 heteroatoms. The van der Waals surface area contributed by atoms with Crippen LogP contribution in [0.3, 0.4) is 0 Å². The SMILES string of the molecule is CC(CN)c1ncc(-c2cccc(Br)c2)cn1. The molecule has 0 radical (unpaired) electrons. The van der Waals surface area contributed by atoms with Gasteiger partial charge in [0.2, 0.25) is 0 Å². The molecular weight excluding hydrogens is 278 g/mol. The van der Waals surface area contributed by atoms with Gasteiger partial charge in [0.05, 0.1) is 0 Å². The Morgan fingerprint density at radius 1 is 1.24 bits per heavy atom. The molecule has 0 aliphatic carbocycles. The first-order chi connectivity index (χ1) is 8.20. The molecule has 0 aliphatic heterocycles. The molecule has 0 saturated carbocycles. The largest absolute Gasteiger partial charge is 0.330 e. The summed E-state index contributed by atoms with van der Waals surface area (Å²) in [5, 5.41) is 0. The summed E-state index contributed by atoms with van der Waals surface area (Å²) in [5.74, 6) is 0.998. The van der Waals surface area contributed by atoms with E-state index in [-0.39, 0.29) is 5.92 Å². The zero-order valence-corrected chi connectivity index (χ0v) is 11.2. The fourth-order valence-corrected chi connectivity index (χ4v) is 1.91. The highest BCUT2D eigenvalue weighted by Gasteiger charge is 2.06. The highest BCUT2D eigenvalue weighted by atomic mass is 79.9. The molecule has 1 aromatic heterocycles. The predicted octanol–water partition coefficient (Wildman–Crippen LogP) is 2.97. The van der Waals surface area contributed by atoms with Gasteiger partial charge in [-0.2, -0.15) is 0 Å². The number of benzene rings is 1. The van der Waals surface area contributed by atoms with Gasteiger partial charge in [0.1, 0.15) is 5.82 Å². The van der Waals surface area contributed by atoms with Crippen LogP contribution in [0, 0.1) is 0 Å². The van der Waals surface area contributed by atoms with Crippen molar-refractivity contribution in [3.63, 3.8) is 0 Å². The molecule has 1 atom stereocenters. The van der Waals surface area contributed by atoms with Crippen molar-refractivity contribution < 1.29 is 0 Å². The summed E-state index contributed by atoms with van der Waals surface area (Å²) >= 11 is 3.45. The van der Waals surface area contributed by atoms with Crippen molar-refractivity contribution in [3.05, 3.63) is 47.0 Å². The van der Waals surface area contributed by atoms with E-state index >= 15 is 0 Å². The molecule has 0 bridgehead atoms. The van der Waals surface area contributed by atoms with Crippen LogP contribution in [0.25, 0.3) is 11.1 Å². The zero-order valence-electron chi connectivity index (χ0n) is 9.60. The fourth-order valence-electron chi connectivity index (χ4n) is 1.52. The molecule has 1 heterocycles. The van der Waals surface area contributed by atoms with Crippen LogP contribution in [0.2, 0.25) is 0 Å². The molecule has 1 unspecified atom stereocenters. The summed E-state index contributed by atoms with van der Waals surface area (Å²) in [5.41, 5.74) is 7.70. The number of hydrogen-bond acceptors (Lipinski definition) is 3. The van der Waals surface area contributed by atoms with Gasteiger partial charge in [-0.1, -0.05) is 35.0 Å². The Balaban J connectivity index is 2.29. The molecule has 88 valence electrons. The molecule has 0 saturated heterocycles. The number of halogens is 1. The lowest BCUT2D eigenvalue weighted by Gasteiger charge is -2.07. The fraction of sp³-hybridized carbons (Fsp3) is 0.231. The van der Waals surface area contributed by atoms with E-state index in [1.54, 1.807) is 0 Å². The van der Waals surface area contributed by atoms with Gasteiger partial charge >= 0.3 is 0 Å². The van der Waals surface area contributed by atoms with Gasteiger partial charge in [-0.3, -0.25) is 0 Å². The Bertz CT molecular complexity index is 496. The second-order valence-corrected chi connectivity index (χ2v) is 4.89. The van der Waals surface area contributed by atoms with E-state index in [1.165, 1.54) is 0 Å². The van der Waals surface area contributed by atoms with Gasteiger partial charge in [0.25, 0.3) is 0 Å². The van der Waals surface area contributed by atoms with Gasteiger partial charge in [-0.05, 0) is 17.7 Å². The molecule has 2 N–H and O–H groups in total. The Morgan fingerprint density at radius 2 is 1.94 bits per heavy atom. The van der Waals surface area contributed by atoms with E-state index in [1.807, 2.05) is 43.6 Å². The average Bonchev–Trinajstić information content (AvgIpc) is 2.38. The maximum atomic E-state index is 5.59. The smallest absolute Gasteiger partial charge is 0.132 e. The van der Waals surface area contributed by atoms with Gasteiger partial charge in [-0.15, -0.1) is 0 Å². The predicted molar refractivity (Wildman–Crippen MR) is 72.6 cm³/mol. The molecule has 0 amide bonds. The van der Waals surface area contributed by atoms with Crippen molar-refractivity contribution in [1.82, 2.24) is 9.97 Å². The number of aromatic nitrogens is 2. The first-order valence-corrected chi connectivity index (χ1v) is 6.28. The van der Waals surface area contributed by atoms with Crippen LogP contribution in [0.15, 0.2) is 41.1 Å². The second-order valence-electron chi connectivity index (χ2n) is 3.98. The summed E-state index contributed by atoms with van der Waals surface area (Å²) in [6, 6.07) is 8.07. The quantitative estimate of drug-likeness (QED) is 0.946. The minimum atomic E-state index is 0.201. The zero-order chi connectivity index (χ0) is 12.3. The van der Waals surface area contributed by atoms with Crippen molar-refractivity contribution in [1.29, 1.82) is 0 Å². The molecule has 1 aromatic carbocycles. The minimum absolute atomic E-state index is 0.201. The third kappa shape index (κ3) is 2.90. The summed E-state index contributed by atoms with van der Waals surface area (Å²) < 4.78 is 1.05. The number of nitrogens with two attached hydrogens (primary N) is 1. The summed E-state index contributed by atoms with van der Waals surface area (Å²) in [6.45, 7) is 2.59. The monoisotopic (exact) mass is 291 g/mol. The Morgan fingerprint density at radius 3 is 2.53 bits per heavy atom. The maximum Gasteiger partial charge on any atom is 0.132 e. The topological polar surface area (TPSA) is 51.8 Å². The van der Waals surface area contributed by atoms with Gasteiger partial charge in [0, 0.05) is 34.9 Å². The van der Waals surface area contributed by atoms with E-state index in [9.17, 15) is 0 Å². The van der Waals surface area contributed by atoms with E-state index in [2.05, 4.69) is 25.9 Å². The van der Waals surface area contributed by atoms with E-state index < -0.39 is 0 Å². The highest BCUT2D eigenvalue weighted by molar-refractivity contribution is 9.10. The molecule has 0 spiro atoms. The Hall–Kier alpha value is -1.26. The summed E-state index contributed by atoms with van der Waals surface area (Å²) in [7, 11) is 0. The van der Waals surface area contributed by atoms with Crippen molar-refractivity contribution in [2.75, 3.05) is 6.54 Å². The van der Waals surface area contributed by atoms with Crippen molar-refractivity contribution in [2.24, 2.45) is 5.73 Å². The van der Waals surface area contributed by atoms with E-state index in [4.69, 9.17) is 5.73 Å². The van der Waals surface area contributed by atoms with Crippen LogP contribution >= 0.6 is 15.9 Å². The third-order valence-corrected chi connectivity index (χ3v) is 3.12. The van der Waals surface area contributed by atoms with Crippen molar-refractivity contribution >= 4 is 15.9 Å². The Labute approximate surface area is 109 Å². The van der Waals surface area contributed by atoms with Crippen LogP contribution in [0.5, 0.6) is 0 Å². The number of rotatable bonds is 3. The molecule has 2 aromatic rings. The highest BCUT2D eigenvalue weighted by Crippen LogP contribution is 2.22. The van der Waals surface area contributed by atoms with E-state index in [0.717, 1.165) is 21.4 Å². The van der Waals surface area contributed by atoms with Crippen molar-refractivity contribution in [3.8, 4) is 11.1 Å². The molecular formula is C13H14BrN3. The van der Waals surface area contributed by atoms with Gasteiger partial charge in [0.15, 0.2) is 0 Å². The molecule has 17 heavy (non-hydrogen) atoms.